The van der Waals surface area contributed by atoms with Crippen LogP contribution in [0.25, 0.3) is 10.4 Å². The van der Waals surface area contributed by atoms with E-state index in [9.17, 15) is 18.0 Å². The summed E-state index contributed by atoms with van der Waals surface area (Å²) < 4.78 is 38.3. The maximum Gasteiger partial charge on any atom is 0.416 e. The Balaban J connectivity index is 2.62. The molecule has 0 spiro atoms. The highest BCUT2D eigenvalue weighted by Crippen LogP contribution is 2.44. The second-order valence-electron chi connectivity index (χ2n) is 4.81. The Morgan fingerprint density at radius 1 is 1.45 bits per heavy atom. The molecule has 8 heteroatoms. The molecule has 0 saturated heterocycles. The van der Waals surface area contributed by atoms with Crippen LogP contribution in [0.1, 0.15) is 18.1 Å². The highest BCUT2D eigenvalue weighted by Gasteiger charge is 2.46. The normalized spacial score (nSPS) is 21.6. The topological polar surface area (TPSA) is 69.1 Å². The van der Waals surface area contributed by atoms with Gasteiger partial charge in [0.15, 0.2) is 0 Å². The molecule has 0 bridgehead atoms. The Morgan fingerprint density at radius 3 is 2.65 bits per heavy atom. The Labute approximate surface area is 112 Å². The summed E-state index contributed by atoms with van der Waals surface area (Å²) in [6.07, 6.45) is -4.49. The van der Waals surface area contributed by atoms with Crippen molar-refractivity contribution in [1.82, 2.24) is 0 Å². The molecule has 1 aliphatic rings. The van der Waals surface area contributed by atoms with Crippen LogP contribution in [0.2, 0.25) is 0 Å². The van der Waals surface area contributed by atoms with Gasteiger partial charge < -0.3 is 4.90 Å². The van der Waals surface area contributed by atoms with Gasteiger partial charge in [-0.15, -0.1) is 0 Å². The number of carbonyl (C=O) groups excluding carboxylic acids is 1. The monoisotopic (exact) mass is 284 g/mol. The highest BCUT2D eigenvalue weighted by molar-refractivity contribution is 6.07. The molecule has 0 N–H and O–H groups in total. The lowest BCUT2D eigenvalue weighted by atomic mass is 9.83. The molecule has 0 aliphatic carbocycles. The summed E-state index contributed by atoms with van der Waals surface area (Å²) in [4.78, 5) is 16.1. The molecule has 20 heavy (non-hydrogen) atoms. The Kier molecular flexibility index (Phi) is 3.14. The summed E-state index contributed by atoms with van der Waals surface area (Å²) in [7, 11) is 1.48. The summed E-state index contributed by atoms with van der Waals surface area (Å²) in [5.41, 5.74) is 6.92. The van der Waals surface area contributed by atoms with E-state index in [1.807, 2.05) is 0 Å². The first-order valence-electron chi connectivity index (χ1n) is 5.72. The minimum Gasteiger partial charge on any atom is -0.314 e. The summed E-state index contributed by atoms with van der Waals surface area (Å²) in [6, 6.07) is 3.14. The standard InChI is InChI=1S/C12H11F3N4O/c1-11(6-17-18-16)8-5-7(12(13,14)15)3-4-9(8)19(2)10(11)20/h3-5H,6H2,1-2H3/t11-/m1/s1. The van der Waals surface area contributed by atoms with Crippen molar-refractivity contribution in [2.45, 2.75) is 18.5 Å². The zero-order chi connectivity index (χ0) is 15.1. The molecule has 1 heterocycles. The molecule has 1 aliphatic heterocycles. The first-order valence-corrected chi connectivity index (χ1v) is 5.72. The molecule has 0 saturated carbocycles. The van der Waals surface area contributed by atoms with Gasteiger partial charge in [0.05, 0.1) is 11.0 Å². The van der Waals surface area contributed by atoms with Crippen molar-refractivity contribution < 1.29 is 18.0 Å². The molecule has 106 valence electrons. The smallest absolute Gasteiger partial charge is 0.314 e. The first-order chi connectivity index (χ1) is 9.21. The average molecular weight is 284 g/mol. The number of anilines is 1. The van der Waals surface area contributed by atoms with Crippen molar-refractivity contribution in [1.29, 1.82) is 0 Å². The predicted molar refractivity (Wildman–Crippen MR) is 66.2 cm³/mol. The quantitative estimate of drug-likeness (QED) is 0.467. The number of fused-ring (bicyclic) bond motifs is 1. The second-order valence-corrected chi connectivity index (χ2v) is 4.81. The van der Waals surface area contributed by atoms with Crippen LogP contribution in [0.15, 0.2) is 23.3 Å². The molecular formula is C12H11F3N4O. The maximum atomic E-state index is 12.8. The van der Waals surface area contributed by atoms with Gasteiger partial charge in [-0.1, -0.05) is 5.11 Å². The number of hydrogen-bond acceptors (Lipinski definition) is 2. The summed E-state index contributed by atoms with van der Waals surface area (Å²) in [5, 5.41) is 3.35. The van der Waals surface area contributed by atoms with Crippen LogP contribution in [0.4, 0.5) is 18.9 Å². The molecule has 5 nitrogen and oxygen atoms in total. The minimum atomic E-state index is -4.49. The third-order valence-corrected chi connectivity index (χ3v) is 3.51. The van der Waals surface area contributed by atoms with Crippen LogP contribution in [0.5, 0.6) is 0 Å². The molecule has 0 aromatic heterocycles. The van der Waals surface area contributed by atoms with Gasteiger partial charge >= 0.3 is 6.18 Å². The van der Waals surface area contributed by atoms with Crippen molar-refractivity contribution in [3.63, 3.8) is 0 Å². The third kappa shape index (κ3) is 1.98. The van der Waals surface area contributed by atoms with Crippen LogP contribution in [-0.4, -0.2) is 19.5 Å². The fourth-order valence-corrected chi connectivity index (χ4v) is 2.37. The summed E-state index contributed by atoms with van der Waals surface area (Å²) >= 11 is 0. The van der Waals surface area contributed by atoms with Crippen molar-refractivity contribution in [2.24, 2.45) is 5.11 Å². The highest BCUT2D eigenvalue weighted by atomic mass is 19.4. The van der Waals surface area contributed by atoms with Crippen molar-refractivity contribution in [3.8, 4) is 0 Å². The van der Waals surface area contributed by atoms with E-state index in [1.54, 1.807) is 0 Å². The molecule has 1 amide bonds. The molecule has 0 fully saturated rings. The van der Waals surface area contributed by atoms with Gasteiger partial charge in [0.1, 0.15) is 0 Å². The van der Waals surface area contributed by atoms with Gasteiger partial charge in [-0.3, -0.25) is 4.79 Å². The predicted octanol–water partition coefficient (Wildman–Crippen LogP) is 3.25. The molecular weight excluding hydrogens is 273 g/mol. The van der Waals surface area contributed by atoms with E-state index in [4.69, 9.17) is 5.53 Å². The second kappa shape index (κ2) is 4.42. The van der Waals surface area contributed by atoms with Gasteiger partial charge in [-0.25, -0.2) is 0 Å². The van der Waals surface area contributed by atoms with Gasteiger partial charge in [0.25, 0.3) is 0 Å². The lowest BCUT2D eigenvalue weighted by molar-refractivity contribution is -0.137. The molecule has 0 unspecified atom stereocenters. The largest absolute Gasteiger partial charge is 0.416 e. The lowest BCUT2D eigenvalue weighted by Crippen LogP contribution is -2.38. The van der Waals surface area contributed by atoms with Crippen LogP contribution >= 0.6 is 0 Å². The summed E-state index contributed by atoms with van der Waals surface area (Å²) in [5.74, 6) is -0.390. The molecule has 0 radical (unpaired) electrons. The van der Waals surface area contributed by atoms with Gasteiger partial charge in [0.2, 0.25) is 5.91 Å². The number of amides is 1. The Hall–Kier alpha value is -2.21. The maximum absolute atomic E-state index is 12.8. The van der Waals surface area contributed by atoms with Gasteiger partial charge in [-0.2, -0.15) is 13.2 Å². The Morgan fingerprint density at radius 2 is 2.10 bits per heavy atom. The molecule has 1 aromatic carbocycles. The number of nitrogens with zero attached hydrogens (tertiary/aromatic N) is 4. The minimum absolute atomic E-state index is 0.221. The zero-order valence-electron chi connectivity index (χ0n) is 10.8. The fourth-order valence-electron chi connectivity index (χ4n) is 2.37. The van der Waals surface area contributed by atoms with E-state index in [2.05, 4.69) is 10.0 Å². The van der Waals surface area contributed by atoms with Crippen LogP contribution < -0.4 is 4.90 Å². The van der Waals surface area contributed by atoms with Crippen LogP contribution in [-0.2, 0) is 16.4 Å². The number of likely N-dealkylation sites (N-methyl/N-ethyl adjacent to an activating group) is 1. The van der Waals surface area contributed by atoms with Crippen molar-refractivity contribution in [2.75, 3.05) is 18.5 Å². The number of rotatable bonds is 2. The van der Waals surface area contributed by atoms with E-state index in [0.29, 0.717) is 5.69 Å². The molecule has 1 atom stereocenters. The molecule has 2 rings (SSSR count). The van der Waals surface area contributed by atoms with E-state index in [0.717, 1.165) is 12.1 Å². The number of carbonyl (C=O) groups is 1. The third-order valence-electron chi connectivity index (χ3n) is 3.51. The number of azide groups is 1. The van der Waals surface area contributed by atoms with Gasteiger partial charge in [0, 0.05) is 24.2 Å². The number of benzene rings is 1. The first kappa shape index (κ1) is 14.2. The fraction of sp³-hybridized carbons (Fsp3) is 0.417. The van der Waals surface area contributed by atoms with Crippen molar-refractivity contribution >= 4 is 11.6 Å². The average Bonchev–Trinajstić information content (AvgIpc) is 2.58. The van der Waals surface area contributed by atoms with Gasteiger partial charge in [-0.05, 0) is 36.2 Å². The molecule has 1 aromatic rings. The Bertz CT molecular complexity index is 622. The van der Waals surface area contributed by atoms with Crippen LogP contribution in [0, 0.1) is 0 Å². The number of halogens is 3. The van der Waals surface area contributed by atoms with Crippen molar-refractivity contribution in [3.05, 3.63) is 39.8 Å². The SMILES string of the molecule is CN1C(=O)[C@](C)(CN=[N+]=[N-])c2cc(C(F)(F)F)ccc21. The summed E-state index contributed by atoms with van der Waals surface area (Å²) in [6.45, 7) is 1.26. The van der Waals surface area contributed by atoms with E-state index in [1.165, 1.54) is 24.9 Å². The number of hydrogen-bond donors (Lipinski definition) is 0. The number of alkyl halides is 3. The van der Waals surface area contributed by atoms with E-state index < -0.39 is 17.2 Å². The zero-order valence-corrected chi connectivity index (χ0v) is 10.8. The van der Waals surface area contributed by atoms with Crippen LogP contribution in [0.3, 0.4) is 0 Å². The van der Waals surface area contributed by atoms with E-state index in [-0.39, 0.29) is 18.0 Å². The van der Waals surface area contributed by atoms with E-state index >= 15 is 0 Å². The lowest BCUT2D eigenvalue weighted by Gasteiger charge is -2.21.